The van der Waals surface area contributed by atoms with Gasteiger partial charge >= 0.3 is 0 Å². The second-order valence-corrected chi connectivity index (χ2v) is 6.19. The number of nitrogens with one attached hydrogen (secondary N) is 3. The fraction of sp³-hybridized carbons (Fsp3) is 0.471. The molecule has 1 aliphatic rings. The molecule has 1 fully saturated rings. The van der Waals surface area contributed by atoms with Crippen LogP contribution >= 0.6 is 12.4 Å². The predicted molar refractivity (Wildman–Crippen MR) is 98.9 cm³/mol. The van der Waals surface area contributed by atoms with Gasteiger partial charge in [-0.3, -0.25) is 14.7 Å². The summed E-state index contributed by atoms with van der Waals surface area (Å²) in [5.74, 6) is -0.190. The van der Waals surface area contributed by atoms with E-state index in [4.69, 9.17) is 0 Å². The molecule has 1 saturated heterocycles. The maximum absolute atomic E-state index is 12.4. The minimum Gasteiger partial charge on any atom is -0.350 e. The number of aromatic nitrogens is 2. The monoisotopic (exact) mass is 365 g/mol. The van der Waals surface area contributed by atoms with E-state index in [9.17, 15) is 9.59 Å². The number of hydrogen-bond donors (Lipinski definition) is 3. The Labute approximate surface area is 152 Å². The van der Waals surface area contributed by atoms with E-state index in [1.807, 2.05) is 36.1 Å². The normalized spacial score (nSPS) is 20.2. The third kappa shape index (κ3) is 4.11. The van der Waals surface area contributed by atoms with Gasteiger partial charge in [0.1, 0.15) is 0 Å². The SMILES string of the molecule is CC1NCCN(C(=O)CCNC(=O)c2n[nH]c3ccccc23)C1C.Cl. The van der Waals surface area contributed by atoms with Crippen LogP contribution in [-0.2, 0) is 4.79 Å². The number of aromatic amines is 1. The highest BCUT2D eigenvalue weighted by Crippen LogP contribution is 2.15. The summed E-state index contributed by atoms with van der Waals surface area (Å²) in [7, 11) is 0. The summed E-state index contributed by atoms with van der Waals surface area (Å²) in [6.07, 6.45) is 0.297. The lowest BCUT2D eigenvalue weighted by atomic mass is 10.1. The summed E-state index contributed by atoms with van der Waals surface area (Å²) < 4.78 is 0. The van der Waals surface area contributed by atoms with E-state index in [1.54, 1.807) is 0 Å². The first kappa shape index (κ1) is 19.2. The van der Waals surface area contributed by atoms with Gasteiger partial charge in [0.15, 0.2) is 5.69 Å². The fourth-order valence-electron chi connectivity index (χ4n) is 3.06. The number of fused-ring (bicyclic) bond motifs is 1. The van der Waals surface area contributed by atoms with Crippen molar-refractivity contribution in [2.24, 2.45) is 0 Å². The van der Waals surface area contributed by atoms with E-state index in [1.165, 1.54) is 0 Å². The number of benzene rings is 1. The number of carbonyl (C=O) groups is 2. The van der Waals surface area contributed by atoms with Gasteiger partial charge in [0.2, 0.25) is 5.91 Å². The van der Waals surface area contributed by atoms with Crippen LogP contribution in [0.25, 0.3) is 10.9 Å². The van der Waals surface area contributed by atoms with E-state index in [0.717, 1.165) is 17.4 Å². The van der Waals surface area contributed by atoms with Crippen LogP contribution in [0.1, 0.15) is 30.8 Å². The van der Waals surface area contributed by atoms with Crippen LogP contribution in [0.4, 0.5) is 0 Å². The van der Waals surface area contributed by atoms with E-state index in [-0.39, 0.29) is 36.3 Å². The van der Waals surface area contributed by atoms with Crippen LogP contribution in [0.2, 0.25) is 0 Å². The summed E-state index contributed by atoms with van der Waals surface area (Å²) in [5, 5.41) is 13.8. The highest BCUT2D eigenvalue weighted by Gasteiger charge is 2.27. The Morgan fingerprint density at radius 1 is 1.32 bits per heavy atom. The minimum atomic E-state index is -0.262. The molecule has 0 aliphatic carbocycles. The number of halogens is 1. The Bertz CT molecular complexity index is 747. The van der Waals surface area contributed by atoms with Gasteiger partial charge in [-0.2, -0.15) is 5.10 Å². The topological polar surface area (TPSA) is 90.1 Å². The Balaban J connectivity index is 0.00000225. The largest absolute Gasteiger partial charge is 0.350 e. The van der Waals surface area contributed by atoms with Crippen molar-refractivity contribution in [1.29, 1.82) is 0 Å². The van der Waals surface area contributed by atoms with Gasteiger partial charge in [-0.05, 0) is 19.9 Å². The van der Waals surface area contributed by atoms with Gasteiger partial charge in [-0.1, -0.05) is 18.2 Å². The molecule has 0 spiro atoms. The van der Waals surface area contributed by atoms with Crippen molar-refractivity contribution in [1.82, 2.24) is 25.7 Å². The van der Waals surface area contributed by atoms with Crippen LogP contribution in [0, 0.1) is 0 Å². The van der Waals surface area contributed by atoms with Crippen molar-refractivity contribution >= 4 is 35.1 Å². The Morgan fingerprint density at radius 3 is 2.88 bits per heavy atom. The lowest BCUT2D eigenvalue weighted by Gasteiger charge is -2.38. The third-order valence-electron chi connectivity index (χ3n) is 4.66. The average molecular weight is 366 g/mol. The number of amides is 2. The second-order valence-electron chi connectivity index (χ2n) is 6.19. The molecule has 3 rings (SSSR count). The summed E-state index contributed by atoms with van der Waals surface area (Å²) in [6, 6.07) is 7.92. The molecule has 2 atom stereocenters. The van der Waals surface area contributed by atoms with Gasteiger partial charge in [0, 0.05) is 43.5 Å². The highest BCUT2D eigenvalue weighted by atomic mass is 35.5. The molecule has 2 amide bonds. The molecule has 1 aliphatic heterocycles. The van der Waals surface area contributed by atoms with Crippen molar-refractivity contribution in [3.8, 4) is 0 Å². The zero-order valence-corrected chi connectivity index (χ0v) is 15.2. The summed E-state index contributed by atoms with van der Waals surface area (Å²) >= 11 is 0. The zero-order chi connectivity index (χ0) is 17.1. The predicted octanol–water partition coefficient (Wildman–Crippen LogP) is 1.31. The van der Waals surface area contributed by atoms with Gasteiger partial charge in [0.05, 0.1) is 5.52 Å². The number of para-hydroxylation sites is 1. The van der Waals surface area contributed by atoms with Crippen LogP contribution in [0.3, 0.4) is 0 Å². The molecule has 8 heteroatoms. The lowest BCUT2D eigenvalue weighted by molar-refractivity contribution is -0.134. The van der Waals surface area contributed by atoms with Gasteiger partial charge in [0.25, 0.3) is 5.91 Å². The van der Waals surface area contributed by atoms with Crippen molar-refractivity contribution in [3.05, 3.63) is 30.0 Å². The molecule has 136 valence electrons. The number of H-pyrrole nitrogens is 1. The van der Waals surface area contributed by atoms with Gasteiger partial charge < -0.3 is 15.5 Å². The van der Waals surface area contributed by atoms with Crippen molar-refractivity contribution < 1.29 is 9.59 Å². The molecule has 0 saturated carbocycles. The second kappa shape index (κ2) is 8.31. The van der Waals surface area contributed by atoms with E-state index in [2.05, 4.69) is 27.8 Å². The molecule has 2 unspecified atom stereocenters. The summed E-state index contributed by atoms with van der Waals surface area (Å²) in [6.45, 7) is 5.95. The Kier molecular flexibility index (Phi) is 6.39. The van der Waals surface area contributed by atoms with Crippen LogP contribution in [0.15, 0.2) is 24.3 Å². The first-order chi connectivity index (χ1) is 11.6. The van der Waals surface area contributed by atoms with Crippen LogP contribution in [0.5, 0.6) is 0 Å². The van der Waals surface area contributed by atoms with Crippen LogP contribution in [-0.4, -0.2) is 58.6 Å². The van der Waals surface area contributed by atoms with Crippen molar-refractivity contribution in [2.75, 3.05) is 19.6 Å². The molecule has 7 nitrogen and oxygen atoms in total. The van der Waals surface area contributed by atoms with E-state index >= 15 is 0 Å². The smallest absolute Gasteiger partial charge is 0.272 e. The molecule has 0 radical (unpaired) electrons. The summed E-state index contributed by atoms with van der Waals surface area (Å²) in [5.41, 5.74) is 1.18. The molecular formula is C17H24ClN5O2. The molecule has 3 N–H and O–H groups in total. The summed E-state index contributed by atoms with van der Waals surface area (Å²) in [4.78, 5) is 26.5. The molecule has 2 heterocycles. The van der Waals surface area contributed by atoms with Crippen LogP contribution < -0.4 is 10.6 Å². The Hall–Kier alpha value is -2.12. The van der Waals surface area contributed by atoms with Gasteiger partial charge in [-0.15, -0.1) is 12.4 Å². The highest BCUT2D eigenvalue weighted by molar-refractivity contribution is 6.04. The number of rotatable bonds is 4. The zero-order valence-electron chi connectivity index (χ0n) is 14.4. The molecule has 1 aromatic carbocycles. The first-order valence-electron chi connectivity index (χ1n) is 8.32. The third-order valence-corrected chi connectivity index (χ3v) is 4.66. The molecular weight excluding hydrogens is 342 g/mol. The van der Waals surface area contributed by atoms with E-state index in [0.29, 0.717) is 25.2 Å². The maximum atomic E-state index is 12.4. The van der Waals surface area contributed by atoms with Crippen molar-refractivity contribution in [3.63, 3.8) is 0 Å². The number of piperazine rings is 1. The van der Waals surface area contributed by atoms with Crippen molar-refractivity contribution in [2.45, 2.75) is 32.4 Å². The molecule has 25 heavy (non-hydrogen) atoms. The molecule has 2 aromatic rings. The molecule has 0 bridgehead atoms. The number of hydrogen-bond acceptors (Lipinski definition) is 4. The molecule has 1 aromatic heterocycles. The van der Waals surface area contributed by atoms with E-state index < -0.39 is 0 Å². The average Bonchev–Trinajstić information content (AvgIpc) is 3.01. The van der Waals surface area contributed by atoms with Gasteiger partial charge in [-0.25, -0.2) is 0 Å². The fourth-order valence-corrected chi connectivity index (χ4v) is 3.06. The first-order valence-corrected chi connectivity index (χ1v) is 8.32. The standard InChI is InChI=1S/C17H23N5O2.ClH/c1-11-12(2)22(10-9-18-11)15(23)7-8-19-17(24)16-13-5-3-4-6-14(13)20-21-16;/h3-6,11-12,18H,7-10H2,1-2H3,(H,19,24)(H,20,21);1H. The maximum Gasteiger partial charge on any atom is 0.272 e. The quantitative estimate of drug-likeness (QED) is 0.762. The number of carbonyl (C=O) groups excluding carboxylic acids is 2. The Morgan fingerprint density at radius 2 is 2.08 bits per heavy atom. The number of nitrogens with zero attached hydrogens (tertiary/aromatic N) is 2. The minimum absolute atomic E-state index is 0. The lowest BCUT2D eigenvalue weighted by Crippen LogP contribution is -2.57.